The highest BCUT2D eigenvalue weighted by Crippen LogP contribution is 2.26. The van der Waals surface area contributed by atoms with E-state index in [1.165, 1.54) is 0 Å². The Balaban J connectivity index is 2.32. The molecule has 0 saturated heterocycles. The van der Waals surface area contributed by atoms with Crippen LogP contribution in [0, 0.1) is 0 Å². The van der Waals surface area contributed by atoms with Gasteiger partial charge in [0, 0.05) is 12.6 Å². The number of nitrogens with one attached hydrogen (secondary N) is 1. The predicted molar refractivity (Wildman–Crippen MR) is 82.1 cm³/mol. The lowest BCUT2D eigenvalue weighted by molar-refractivity contribution is -0.145. The maximum Gasteiger partial charge on any atom is 0.322 e. The lowest BCUT2D eigenvalue weighted by Gasteiger charge is -2.16. The minimum Gasteiger partial charge on any atom is -0.491 e. The number of hydrogen-bond donors (Lipinski definition) is 2. The third-order valence-electron chi connectivity index (χ3n) is 2.63. The van der Waals surface area contributed by atoms with Crippen LogP contribution in [0.1, 0.15) is 13.8 Å². The molecule has 0 bridgehead atoms. The van der Waals surface area contributed by atoms with Gasteiger partial charge in [-0.1, -0.05) is 23.2 Å². The Hall–Kier alpha value is -1.01. The van der Waals surface area contributed by atoms with Crippen molar-refractivity contribution >= 4 is 29.2 Å². The molecule has 21 heavy (non-hydrogen) atoms. The third-order valence-corrected chi connectivity index (χ3v) is 3.37. The van der Waals surface area contributed by atoms with E-state index in [-0.39, 0.29) is 19.1 Å². The van der Waals surface area contributed by atoms with Crippen molar-refractivity contribution in [3.05, 3.63) is 28.2 Å². The molecular formula is C14H19Cl2NO4. The highest BCUT2D eigenvalue weighted by molar-refractivity contribution is 6.42. The molecule has 0 aliphatic heterocycles. The number of halogens is 2. The van der Waals surface area contributed by atoms with E-state index >= 15 is 0 Å². The van der Waals surface area contributed by atoms with E-state index in [1.807, 2.05) is 0 Å². The van der Waals surface area contributed by atoms with Gasteiger partial charge >= 0.3 is 5.97 Å². The summed E-state index contributed by atoms with van der Waals surface area (Å²) in [7, 11) is 0. The number of esters is 1. The summed E-state index contributed by atoms with van der Waals surface area (Å²) in [5.41, 5.74) is 0. The van der Waals surface area contributed by atoms with Gasteiger partial charge in [0.2, 0.25) is 0 Å². The van der Waals surface area contributed by atoms with Crippen LogP contribution in [0.15, 0.2) is 18.2 Å². The zero-order valence-corrected chi connectivity index (χ0v) is 13.4. The highest BCUT2D eigenvalue weighted by Gasteiger charge is 2.15. The Bertz CT molecular complexity index is 470. The topological polar surface area (TPSA) is 67.8 Å². The molecule has 0 spiro atoms. The van der Waals surface area contributed by atoms with Crippen LogP contribution in [0.2, 0.25) is 10.0 Å². The molecule has 1 rings (SSSR count). The fourth-order valence-electron chi connectivity index (χ4n) is 1.48. The molecule has 0 saturated carbocycles. The summed E-state index contributed by atoms with van der Waals surface area (Å²) in [5, 5.41) is 13.5. The number of carbonyl (C=O) groups is 1. The van der Waals surface area contributed by atoms with Crippen LogP contribution in [0.25, 0.3) is 0 Å². The standard InChI is InChI=1S/C14H19Cl2NO4/c1-3-20-14(19)9(2)17-7-10(18)8-21-11-4-5-12(15)13(16)6-11/h4-6,9-10,17-18H,3,7-8H2,1-2H3. The van der Waals surface area contributed by atoms with E-state index in [0.717, 1.165) is 0 Å². The number of aliphatic hydroxyl groups is 1. The maximum absolute atomic E-state index is 11.4. The van der Waals surface area contributed by atoms with Crippen molar-refractivity contribution < 1.29 is 19.4 Å². The normalized spacial score (nSPS) is 13.6. The molecule has 0 fully saturated rings. The third kappa shape index (κ3) is 6.52. The number of carbonyl (C=O) groups excluding carboxylic acids is 1. The SMILES string of the molecule is CCOC(=O)C(C)NCC(O)COc1ccc(Cl)c(Cl)c1. The second-order valence-electron chi connectivity index (χ2n) is 4.42. The molecule has 0 radical (unpaired) electrons. The minimum atomic E-state index is -0.767. The van der Waals surface area contributed by atoms with Crippen LogP contribution in [0.3, 0.4) is 0 Å². The molecule has 1 aromatic rings. The maximum atomic E-state index is 11.4. The Morgan fingerprint density at radius 3 is 2.71 bits per heavy atom. The fraction of sp³-hybridized carbons (Fsp3) is 0.500. The smallest absolute Gasteiger partial charge is 0.322 e. The minimum absolute atomic E-state index is 0.0699. The quantitative estimate of drug-likeness (QED) is 0.713. The molecule has 0 heterocycles. The number of rotatable bonds is 8. The predicted octanol–water partition coefficient (Wildman–Crippen LogP) is 2.27. The average Bonchev–Trinajstić information content (AvgIpc) is 2.46. The average molecular weight is 336 g/mol. The summed E-state index contributed by atoms with van der Waals surface area (Å²) >= 11 is 11.7. The summed E-state index contributed by atoms with van der Waals surface area (Å²) in [6, 6.07) is 4.37. The van der Waals surface area contributed by atoms with Crippen molar-refractivity contribution in [2.45, 2.75) is 26.0 Å². The Kier molecular flexibility index (Phi) is 7.82. The Morgan fingerprint density at radius 2 is 2.10 bits per heavy atom. The van der Waals surface area contributed by atoms with Crippen LogP contribution in [-0.4, -0.2) is 43.0 Å². The second kappa shape index (κ2) is 9.10. The molecule has 118 valence electrons. The zero-order chi connectivity index (χ0) is 15.8. The number of ether oxygens (including phenoxy) is 2. The largest absolute Gasteiger partial charge is 0.491 e. The first-order valence-electron chi connectivity index (χ1n) is 6.60. The first-order valence-corrected chi connectivity index (χ1v) is 7.35. The van der Waals surface area contributed by atoms with Crippen molar-refractivity contribution in [1.29, 1.82) is 0 Å². The van der Waals surface area contributed by atoms with Crippen LogP contribution in [0.5, 0.6) is 5.75 Å². The monoisotopic (exact) mass is 335 g/mol. The van der Waals surface area contributed by atoms with Gasteiger partial charge in [-0.05, 0) is 26.0 Å². The van der Waals surface area contributed by atoms with Gasteiger partial charge in [-0.15, -0.1) is 0 Å². The van der Waals surface area contributed by atoms with Gasteiger partial charge < -0.3 is 19.9 Å². The Labute approximate surface area is 134 Å². The van der Waals surface area contributed by atoms with Crippen molar-refractivity contribution in [2.24, 2.45) is 0 Å². The summed E-state index contributed by atoms with van der Waals surface area (Å²) in [4.78, 5) is 11.4. The van der Waals surface area contributed by atoms with E-state index in [9.17, 15) is 9.90 Å². The van der Waals surface area contributed by atoms with Crippen LogP contribution in [0.4, 0.5) is 0 Å². The van der Waals surface area contributed by atoms with E-state index in [2.05, 4.69) is 5.32 Å². The number of hydrogen-bond acceptors (Lipinski definition) is 5. The van der Waals surface area contributed by atoms with Gasteiger partial charge in [0.05, 0.1) is 16.7 Å². The van der Waals surface area contributed by atoms with Gasteiger partial charge in [-0.25, -0.2) is 0 Å². The van der Waals surface area contributed by atoms with E-state index in [0.29, 0.717) is 22.4 Å². The molecule has 0 amide bonds. The molecule has 2 atom stereocenters. The van der Waals surface area contributed by atoms with Gasteiger partial charge in [0.1, 0.15) is 24.5 Å². The van der Waals surface area contributed by atoms with Gasteiger partial charge in [0.15, 0.2) is 0 Å². The molecule has 2 N–H and O–H groups in total. The van der Waals surface area contributed by atoms with Crippen molar-refractivity contribution in [3.8, 4) is 5.75 Å². The first kappa shape index (κ1) is 18.0. The zero-order valence-electron chi connectivity index (χ0n) is 11.9. The molecular weight excluding hydrogens is 317 g/mol. The van der Waals surface area contributed by atoms with E-state index < -0.39 is 12.1 Å². The summed E-state index contributed by atoms with van der Waals surface area (Å²) in [6.45, 7) is 4.02. The van der Waals surface area contributed by atoms with E-state index in [1.54, 1.807) is 32.0 Å². The summed E-state index contributed by atoms with van der Waals surface area (Å²) in [6.07, 6.45) is -0.767. The lowest BCUT2D eigenvalue weighted by Crippen LogP contribution is -2.41. The van der Waals surface area contributed by atoms with E-state index in [4.69, 9.17) is 32.7 Å². The molecule has 0 aromatic heterocycles. The van der Waals surface area contributed by atoms with Crippen LogP contribution >= 0.6 is 23.2 Å². The second-order valence-corrected chi connectivity index (χ2v) is 5.24. The highest BCUT2D eigenvalue weighted by atomic mass is 35.5. The Morgan fingerprint density at radius 1 is 1.38 bits per heavy atom. The van der Waals surface area contributed by atoms with Crippen LogP contribution < -0.4 is 10.1 Å². The van der Waals surface area contributed by atoms with Crippen molar-refractivity contribution in [3.63, 3.8) is 0 Å². The van der Waals surface area contributed by atoms with Gasteiger partial charge in [0.25, 0.3) is 0 Å². The summed E-state index contributed by atoms with van der Waals surface area (Å²) in [5.74, 6) is 0.164. The fourth-order valence-corrected chi connectivity index (χ4v) is 1.77. The summed E-state index contributed by atoms with van der Waals surface area (Å²) < 4.78 is 10.2. The molecule has 0 aliphatic rings. The van der Waals surface area contributed by atoms with Crippen molar-refractivity contribution in [2.75, 3.05) is 19.8 Å². The molecule has 7 heteroatoms. The number of benzene rings is 1. The van der Waals surface area contributed by atoms with Gasteiger partial charge in [-0.3, -0.25) is 4.79 Å². The van der Waals surface area contributed by atoms with Crippen LogP contribution in [-0.2, 0) is 9.53 Å². The number of aliphatic hydroxyl groups excluding tert-OH is 1. The van der Waals surface area contributed by atoms with Crippen molar-refractivity contribution in [1.82, 2.24) is 5.32 Å². The molecule has 5 nitrogen and oxygen atoms in total. The molecule has 2 unspecified atom stereocenters. The van der Waals surface area contributed by atoms with Gasteiger partial charge in [-0.2, -0.15) is 0 Å². The lowest BCUT2D eigenvalue weighted by atomic mass is 10.3. The first-order chi connectivity index (χ1) is 9.93. The molecule has 0 aliphatic carbocycles. The molecule has 1 aromatic carbocycles.